The molecule has 0 spiro atoms. The van der Waals surface area contributed by atoms with Crippen LogP contribution in [0.5, 0.6) is 0 Å². The molecule has 0 bridgehead atoms. The Hall–Kier alpha value is -2.17. The van der Waals surface area contributed by atoms with Crippen LogP contribution in [0.25, 0.3) is 10.8 Å². The van der Waals surface area contributed by atoms with Crippen LogP contribution >= 0.6 is 0 Å². The summed E-state index contributed by atoms with van der Waals surface area (Å²) in [6, 6.07) is 7.39. The van der Waals surface area contributed by atoms with Crippen molar-refractivity contribution in [1.29, 1.82) is 0 Å². The van der Waals surface area contributed by atoms with Gasteiger partial charge in [-0.3, -0.25) is 9.59 Å². The van der Waals surface area contributed by atoms with E-state index in [1.807, 2.05) is 11.0 Å². The molecule has 1 saturated heterocycles. The molecular weight excluding hydrogens is 254 g/mol. The van der Waals surface area contributed by atoms with E-state index in [2.05, 4.69) is 17.1 Å². The molecule has 2 aromatic rings. The Morgan fingerprint density at radius 2 is 2.15 bits per heavy atom. The van der Waals surface area contributed by atoms with Crippen molar-refractivity contribution in [3.05, 3.63) is 40.3 Å². The molecule has 1 fully saturated rings. The minimum atomic E-state index is -0.259. The topological polar surface area (TPSA) is 66.1 Å². The molecule has 1 aromatic carbocycles. The quantitative estimate of drug-likeness (QED) is 0.907. The van der Waals surface area contributed by atoms with Crippen LogP contribution in [0.4, 0.5) is 0 Å². The van der Waals surface area contributed by atoms with Gasteiger partial charge in [0.05, 0.1) is 5.39 Å². The number of aromatic amines is 1. The number of carbonyl (C=O) groups excluding carboxylic acids is 1. The maximum absolute atomic E-state index is 12.7. The van der Waals surface area contributed by atoms with Crippen LogP contribution in [0.15, 0.2) is 29.1 Å². The van der Waals surface area contributed by atoms with E-state index in [9.17, 15) is 9.59 Å². The zero-order valence-corrected chi connectivity index (χ0v) is 11.4. The third kappa shape index (κ3) is 1.99. The molecule has 1 atom stereocenters. The highest BCUT2D eigenvalue weighted by Gasteiger charge is 2.30. The fourth-order valence-corrected chi connectivity index (χ4v) is 2.94. The lowest BCUT2D eigenvalue weighted by atomic mass is 10.1. The van der Waals surface area contributed by atoms with E-state index in [0.717, 1.165) is 25.8 Å². The lowest BCUT2D eigenvalue weighted by Crippen LogP contribution is -2.36. The van der Waals surface area contributed by atoms with E-state index < -0.39 is 0 Å². The van der Waals surface area contributed by atoms with Gasteiger partial charge in [-0.1, -0.05) is 25.1 Å². The largest absolute Gasteiger partial charge is 0.334 e. The molecule has 1 aliphatic heterocycles. The number of aromatic nitrogens is 2. The third-order valence-electron chi connectivity index (χ3n) is 4.01. The number of nitrogens with zero attached hydrogens (tertiary/aromatic N) is 2. The number of nitrogens with one attached hydrogen (secondary N) is 1. The number of amides is 1. The summed E-state index contributed by atoms with van der Waals surface area (Å²) in [5.74, 6) is -0.0817. The van der Waals surface area contributed by atoms with Gasteiger partial charge in [0.2, 0.25) is 0 Å². The van der Waals surface area contributed by atoms with Crippen molar-refractivity contribution in [3.8, 4) is 0 Å². The Labute approximate surface area is 116 Å². The third-order valence-corrected chi connectivity index (χ3v) is 4.01. The van der Waals surface area contributed by atoms with Gasteiger partial charge in [0.1, 0.15) is 0 Å². The minimum Gasteiger partial charge on any atom is -0.334 e. The first-order valence-electron chi connectivity index (χ1n) is 7.00. The summed E-state index contributed by atoms with van der Waals surface area (Å²) < 4.78 is 0. The highest BCUT2D eigenvalue weighted by molar-refractivity contribution is 6.04. The van der Waals surface area contributed by atoms with Crippen molar-refractivity contribution in [2.75, 3.05) is 6.54 Å². The van der Waals surface area contributed by atoms with Gasteiger partial charge >= 0.3 is 0 Å². The number of carbonyl (C=O) groups is 1. The Bertz CT molecular complexity index is 708. The predicted molar refractivity (Wildman–Crippen MR) is 76.7 cm³/mol. The zero-order chi connectivity index (χ0) is 14.1. The average molecular weight is 271 g/mol. The smallest absolute Gasteiger partial charge is 0.275 e. The van der Waals surface area contributed by atoms with Crippen LogP contribution in [0.1, 0.15) is 36.7 Å². The number of fused-ring (bicyclic) bond motifs is 1. The summed E-state index contributed by atoms with van der Waals surface area (Å²) in [5.41, 5.74) is 0.0890. The van der Waals surface area contributed by atoms with Crippen molar-refractivity contribution < 1.29 is 4.79 Å². The van der Waals surface area contributed by atoms with Crippen molar-refractivity contribution in [3.63, 3.8) is 0 Å². The first-order valence-corrected chi connectivity index (χ1v) is 7.00. The van der Waals surface area contributed by atoms with E-state index >= 15 is 0 Å². The first-order chi connectivity index (χ1) is 9.72. The predicted octanol–water partition coefficient (Wildman–Crippen LogP) is 1.94. The van der Waals surface area contributed by atoms with Gasteiger partial charge in [-0.2, -0.15) is 5.10 Å². The lowest BCUT2D eigenvalue weighted by Gasteiger charge is -2.23. The summed E-state index contributed by atoms with van der Waals surface area (Å²) in [5, 5.41) is 7.56. The van der Waals surface area contributed by atoms with Crippen LogP contribution in [0, 0.1) is 0 Å². The van der Waals surface area contributed by atoms with Gasteiger partial charge in [-0.15, -0.1) is 0 Å². The summed E-state index contributed by atoms with van der Waals surface area (Å²) in [6.07, 6.45) is 3.03. The maximum Gasteiger partial charge on any atom is 0.275 e. The summed E-state index contributed by atoms with van der Waals surface area (Å²) in [7, 11) is 0. The molecule has 104 valence electrons. The monoisotopic (exact) mass is 271 g/mol. The standard InChI is InChI=1S/C15H17N3O2/c1-2-10-6-5-9-18(10)15(20)13-11-7-3-4-8-12(11)14(19)17-16-13/h3-4,7-8,10H,2,5-6,9H2,1H3,(H,17,19). The number of rotatable bonds is 2. The van der Waals surface area contributed by atoms with Gasteiger partial charge in [-0.05, 0) is 25.3 Å². The van der Waals surface area contributed by atoms with Gasteiger partial charge in [0, 0.05) is 18.0 Å². The lowest BCUT2D eigenvalue weighted by molar-refractivity contribution is 0.0728. The molecule has 0 saturated carbocycles. The Morgan fingerprint density at radius 1 is 1.40 bits per heavy atom. The van der Waals surface area contributed by atoms with Crippen LogP contribution in [0.2, 0.25) is 0 Å². The zero-order valence-electron chi connectivity index (χ0n) is 11.4. The molecule has 0 aliphatic carbocycles. The SMILES string of the molecule is CCC1CCCN1C(=O)c1n[nH]c(=O)c2ccccc12. The number of H-pyrrole nitrogens is 1. The molecule has 0 radical (unpaired) electrons. The molecule has 5 nitrogen and oxygen atoms in total. The number of hydrogen-bond acceptors (Lipinski definition) is 3. The second-order valence-electron chi connectivity index (χ2n) is 5.15. The summed E-state index contributed by atoms with van der Waals surface area (Å²) >= 11 is 0. The van der Waals surface area contributed by atoms with Gasteiger partial charge in [-0.25, -0.2) is 5.10 Å². The van der Waals surface area contributed by atoms with Crippen molar-refractivity contribution in [2.24, 2.45) is 0 Å². The molecule has 5 heteroatoms. The average Bonchev–Trinajstić information content (AvgIpc) is 2.96. The highest BCUT2D eigenvalue weighted by atomic mass is 16.2. The molecule has 1 N–H and O–H groups in total. The molecule has 1 aromatic heterocycles. The van der Waals surface area contributed by atoms with Gasteiger partial charge < -0.3 is 4.90 Å². The molecule has 1 amide bonds. The van der Waals surface area contributed by atoms with E-state index in [-0.39, 0.29) is 17.5 Å². The number of benzene rings is 1. The van der Waals surface area contributed by atoms with Gasteiger partial charge in [0.15, 0.2) is 5.69 Å². The normalized spacial score (nSPS) is 18.6. The molecule has 1 aliphatic rings. The fourth-order valence-electron chi connectivity index (χ4n) is 2.94. The van der Waals surface area contributed by atoms with E-state index in [0.29, 0.717) is 16.5 Å². The highest BCUT2D eigenvalue weighted by Crippen LogP contribution is 2.23. The van der Waals surface area contributed by atoms with E-state index in [1.54, 1.807) is 18.2 Å². The van der Waals surface area contributed by atoms with Crippen LogP contribution < -0.4 is 5.56 Å². The maximum atomic E-state index is 12.7. The first kappa shape index (κ1) is 12.8. The molecular formula is C15H17N3O2. The minimum absolute atomic E-state index is 0.0817. The second-order valence-corrected chi connectivity index (χ2v) is 5.15. The summed E-state index contributed by atoms with van der Waals surface area (Å²) in [6.45, 7) is 2.86. The van der Waals surface area contributed by atoms with Crippen LogP contribution in [-0.2, 0) is 0 Å². The molecule has 3 rings (SSSR count). The van der Waals surface area contributed by atoms with E-state index in [4.69, 9.17) is 0 Å². The Morgan fingerprint density at radius 3 is 2.90 bits per heavy atom. The Balaban J connectivity index is 2.08. The molecule has 1 unspecified atom stereocenters. The second kappa shape index (κ2) is 5.07. The summed E-state index contributed by atoms with van der Waals surface area (Å²) in [4.78, 5) is 26.3. The number of likely N-dealkylation sites (tertiary alicyclic amines) is 1. The van der Waals surface area contributed by atoms with Crippen molar-refractivity contribution >= 4 is 16.7 Å². The molecule has 20 heavy (non-hydrogen) atoms. The van der Waals surface area contributed by atoms with Gasteiger partial charge in [0.25, 0.3) is 11.5 Å². The van der Waals surface area contributed by atoms with Crippen LogP contribution in [0.3, 0.4) is 0 Å². The fraction of sp³-hybridized carbons (Fsp3) is 0.400. The number of hydrogen-bond donors (Lipinski definition) is 1. The Kier molecular flexibility index (Phi) is 3.26. The van der Waals surface area contributed by atoms with Crippen LogP contribution in [-0.4, -0.2) is 33.6 Å². The molecule has 2 heterocycles. The van der Waals surface area contributed by atoms with Crippen molar-refractivity contribution in [1.82, 2.24) is 15.1 Å². The van der Waals surface area contributed by atoms with E-state index in [1.165, 1.54) is 0 Å². The van der Waals surface area contributed by atoms with Crippen molar-refractivity contribution in [2.45, 2.75) is 32.2 Å².